The molecule has 2 heterocycles. The fraction of sp³-hybridized carbons (Fsp3) is 0.524. The summed E-state index contributed by atoms with van der Waals surface area (Å²) in [4.78, 5) is 7.29. The van der Waals surface area contributed by atoms with Gasteiger partial charge in [-0.3, -0.25) is 4.68 Å². The van der Waals surface area contributed by atoms with Crippen LogP contribution in [-0.2, 0) is 24.9 Å². The number of hydrogen-bond acceptors (Lipinski definition) is 3. The third-order valence-electron chi connectivity index (χ3n) is 5.00. The molecule has 154 valence electrons. The van der Waals surface area contributed by atoms with Crippen molar-refractivity contribution in [3.63, 3.8) is 0 Å². The van der Waals surface area contributed by atoms with Crippen LogP contribution in [0.5, 0.6) is 0 Å². The summed E-state index contributed by atoms with van der Waals surface area (Å²) in [5.74, 6) is 1.52. The molecule has 7 heteroatoms. The lowest BCUT2D eigenvalue weighted by molar-refractivity contribution is 0.133. The van der Waals surface area contributed by atoms with Crippen LogP contribution in [0.2, 0.25) is 0 Å². The highest BCUT2D eigenvalue weighted by atomic mass is 127. The molecule has 1 N–H and O–H groups in total. The molecule has 1 aromatic carbocycles. The van der Waals surface area contributed by atoms with Crippen molar-refractivity contribution < 1.29 is 4.74 Å². The number of benzene rings is 1. The van der Waals surface area contributed by atoms with Gasteiger partial charge in [0.25, 0.3) is 0 Å². The largest absolute Gasteiger partial charge is 0.377 e. The average Bonchev–Trinajstić information content (AvgIpc) is 3.33. The Hall–Kier alpha value is -1.61. The Morgan fingerprint density at radius 3 is 2.75 bits per heavy atom. The van der Waals surface area contributed by atoms with Crippen molar-refractivity contribution in [3.8, 4) is 0 Å². The highest BCUT2D eigenvalue weighted by Crippen LogP contribution is 2.26. The summed E-state index contributed by atoms with van der Waals surface area (Å²) < 4.78 is 7.48. The lowest BCUT2D eigenvalue weighted by atomic mass is 10.0. The minimum atomic E-state index is 0. The number of ether oxygens (including phenoxy) is 1. The fourth-order valence-electron chi connectivity index (χ4n) is 3.53. The van der Waals surface area contributed by atoms with Gasteiger partial charge in [0, 0.05) is 45.4 Å². The third-order valence-corrected chi connectivity index (χ3v) is 5.00. The maximum atomic E-state index is 5.60. The number of guanidine groups is 1. The van der Waals surface area contributed by atoms with Crippen molar-refractivity contribution in [2.24, 2.45) is 12.0 Å². The van der Waals surface area contributed by atoms with Gasteiger partial charge in [-0.1, -0.05) is 24.3 Å². The second-order valence-corrected chi connectivity index (χ2v) is 6.95. The van der Waals surface area contributed by atoms with E-state index in [1.807, 2.05) is 24.9 Å². The van der Waals surface area contributed by atoms with Gasteiger partial charge in [0.15, 0.2) is 5.96 Å². The monoisotopic (exact) mass is 497 g/mol. The molecule has 2 aromatic rings. The topological polar surface area (TPSA) is 54.7 Å². The Balaban J connectivity index is 0.00000280. The van der Waals surface area contributed by atoms with Gasteiger partial charge >= 0.3 is 0 Å². The minimum absolute atomic E-state index is 0. The van der Waals surface area contributed by atoms with E-state index in [0.717, 1.165) is 38.6 Å². The standard InChI is InChI=1S/C21H31N5O.HI/c1-4-22-21(23-12-17-8-6-7-9-19(17)16-27-5-2)26-11-10-18(15-26)20-13-24-25(3)14-20;/h6-9,13-14,18H,4-5,10-12,15-16H2,1-3H3,(H,22,23);1H. The first-order valence-electron chi connectivity index (χ1n) is 9.87. The number of likely N-dealkylation sites (tertiary alicyclic amines) is 1. The van der Waals surface area contributed by atoms with Crippen LogP contribution in [-0.4, -0.2) is 46.9 Å². The Kier molecular flexibility index (Phi) is 9.24. The number of aliphatic imine (C=N–C) groups is 1. The molecule has 3 rings (SSSR count). The van der Waals surface area contributed by atoms with Gasteiger partial charge in [-0.05, 0) is 37.0 Å². The molecule has 1 fully saturated rings. The number of nitrogens with zero attached hydrogens (tertiary/aromatic N) is 4. The quantitative estimate of drug-likeness (QED) is 0.362. The summed E-state index contributed by atoms with van der Waals surface area (Å²) in [6.45, 7) is 9.05. The number of aromatic nitrogens is 2. The van der Waals surface area contributed by atoms with Crippen LogP contribution in [0.4, 0.5) is 0 Å². The van der Waals surface area contributed by atoms with Gasteiger partial charge in [0.05, 0.1) is 19.3 Å². The molecule has 1 unspecified atom stereocenters. The van der Waals surface area contributed by atoms with Crippen molar-refractivity contribution in [1.29, 1.82) is 0 Å². The van der Waals surface area contributed by atoms with Crippen molar-refractivity contribution in [2.45, 2.75) is 39.3 Å². The molecule has 0 spiro atoms. The maximum absolute atomic E-state index is 5.60. The van der Waals surface area contributed by atoms with E-state index < -0.39 is 0 Å². The van der Waals surface area contributed by atoms with Gasteiger partial charge in [-0.2, -0.15) is 5.10 Å². The first-order valence-corrected chi connectivity index (χ1v) is 9.87. The van der Waals surface area contributed by atoms with Crippen LogP contribution < -0.4 is 5.32 Å². The summed E-state index contributed by atoms with van der Waals surface area (Å²) in [6.07, 6.45) is 5.25. The highest BCUT2D eigenvalue weighted by molar-refractivity contribution is 14.0. The van der Waals surface area contributed by atoms with E-state index in [4.69, 9.17) is 9.73 Å². The lowest BCUT2D eigenvalue weighted by Crippen LogP contribution is -2.40. The number of rotatable bonds is 7. The zero-order chi connectivity index (χ0) is 19.1. The summed E-state index contributed by atoms with van der Waals surface area (Å²) >= 11 is 0. The van der Waals surface area contributed by atoms with E-state index in [1.54, 1.807) is 0 Å². The van der Waals surface area contributed by atoms with Crippen molar-refractivity contribution in [1.82, 2.24) is 20.0 Å². The molecule has 0 bridgehead atoms. The number of hydrogen-bond donors (Lipinski definition) is 1. The summed E-state index contributed by atoms with van der Waals surface area (Å²) in [7, 11) is 1.97. The zero-order valence-electron chi connectivity index (χ0n) is 17.1. The Morgan fingerprint density at radius 1 is 1.29 bits per heavy atom. The molecule has 1 aromatic heterocycles. The van der Waals surface area contributed by atoms with Gasteiger partial charge in [-0.15, -0.1) is 24.0 Å². The van der Waals surface area contributed by atoms with Gasteiger partial charge < -0.3 is 15.0 Å². The Bertz CT molecular complexity index is 761. The molecule has 1 aliphatic heterocycles. The maximum Gasteiger partial charge on any atom is 0.194 e. The molecule has 1 aliphatic rings. The normalized spacial score (nSPS) is 16.9. The van der Waals surface area contributed by atoms with Crippen LogP contribution in [0.25, 0.3) is 0 Å². The van der Waals surface area contributed by atoms with Gasteiger partial charge in [-0.25, -0.2) is 4.99 Å². The SMILES string of the molecule is CCNC(=NCc1ccccc1COCC)N1CCC(c2cnn(C)c2)C1.I. The van der Waals surface area contributed by atoms with Crippen LogP contribution >= 0.6 is 24.0 Å². The van der Waals surface area contributed by atoms with E-state index in [2.05, 4.69) is 52.7 Å². The van der Waals surface area contributed by atoms with Crippen LogP contribution in [0, 0.1) is 0 Å². The molecule has 1 saturated heterocycles. The molecule has 28 heavy (non-hydrogen) atoms. The predicted molar refractivity (Wildman–Crippen MR) is 124 cm³/mol. The highest BCUT2D eigenvalue weighted by Gasteiger charge is 2.26. The van der Waals surface area contributed by atoms with E-state index >= 15 is 0 Å². The van der Waals surface area contributed by atoms with E-state index in [-0.39, 0.29) is 24.0 Å². The number of nitrogens with one attached hydrogen (secondary N) is 1. The second kappa shape index (κ2) is 11.4. The number of halogens is 1. The van der Waals surface area contributed by atoms with E-state index in [1.165, 1.54) is 16.7 Å². The van der Waals surface area contributed by atoms with Crippen LogP contribution in [0.3, 0.4) is 0 Å². The average molecular weight is 497 g/mol. The molecule has 0 radical (unpaired) electrons. The van der Waals surface area contributed by atoms with Crippen molar-refractivity contribution >= 4 is 29.9 Å². The van der Waals surface area contributed by atoms with Crippen LogP contribution in [0.1, 0.15) is 42.9 Å². The zero-order valence-corrected chi connectivity index (χ0v) is 19.4. The third kappa shape index (κ3) is 5.94. The molecule has 0 amide bonds. The van der Waals surface area contributed by atoms with Crippen molar-refractivity contribution in [2.75, 3.05) is 26.2 Å². The first-order chi connectivity index (χ1) is 13.2. The first kappa shape index (κ1) is 22.7. The minimum Gasteiger partial charge on any atom is -0.377 e. The Morgan fingerprint density at radius 2 is 2.07 bits per heavy atom. The van der Waals surface area contributed by atoms with E-state index in [9.17, 15) is 0 Å². The molecular weight excluding hydrogens is 465 g/mol. The lowest BCUT2D eigenvalue weighted by Gasteiger charge is -2.21. The summed E-state index contributed by atoms with van der Waals surface area (Å²) in [6, 6.07) is 8.40. The fourth-order valence-corrected chi connectivity index (χ4v) is 3.53. The summed E-state index contributed by atoms with van der Waals surface area (Å²) in [5.41, 5.74) is 3.76. The molecule has 6 nitrogen and oxygen atoms in total. The Labute approximate surface area is 185 Å². The number of aryl methyl sites for hydroxylation is 1. The van der Waals surface area contributed by atoms with Crippen LogP contribution in [0.15, 0.2) is 41.7 Å². The van der Waals surface area contributed by atoms with Crippen molar-refractivity contribution in [3.05, 3.63) is 53.3 Å². The molecule has 1 atom stereocenters. The van der Waals surface area contributed by atoms with E-state index in [0.29, 0.717) is 19.1 Å². The molecule has 0 saturated carbocycles. The smallest absolute Gasteiger partial charge is 0.194 e. The predicted octanol–water partition coefficient (Wildman–Crippen LogP) is 3.53. The molecule has 0 aliphatic carbocycles. The molecular formula is C21H32IN5O. The van der Waals surface area contributed by atoms with Gasteiger partial charge in [0.1, 0.15) is 0 Å². The van der Waals surface area contributed by atoms with Gasteiger partial charge in [0.2, 0.25) is 0 Å². The summed E-state index contributed by atoms with van der Waals surface area (Å²) in [5, 5.41) is 7.78. The second-order valence-electron chi connectivity index (χ2n) is 6.95.